The van der Waals surface area contributed by atoms with E-state index in [0.29, 0.717) is 26.4 Å². The van der Waals surface area contributed by atoms with Crippen LogP contribution in [-0.4, -0.2) is 94.3 Å². The van der Waals surface area contributed by atoms with Gasteiger partial charge < -0.3 is 24.0 Å². The van der Waals surface area contributed by atoms with Crippen LogP contribution in [0.25, 0.3) is 0 Å². The summed E-state index contributed by atoms with van der Waals surface area (Å²) in [4.78, 5) is 4.31. The number of nitrogens with zero attached hydrogens (tertiary/aromatic N) is 8. The van der Waals surface area contributed by atoms with Crippen molar-refractivity contribution in [1.29, 1.82) is 0 Å². The van der Waals surface area contributed by atoms with Gasteiger partial charge in [0.2, 0.25) is 0 Å². The third kappa shape index (κ3) is 12.5. The van der Waals surface area contributed by atoms with Crippen LogP contribution in [0.3, 0.4) is 0 Å². The average molecular weight is 749 g/mol. The number of rotatable bonds is 20. The minimum Gasteiger partial charge on any atom is -0.492 e. The largest absolute Gasteiger partial charge is 0.492 e. The Bertz CT molecular complexity index is 1350. The molecule has 0 spiro atoms. The fourth-order valence-corrected chi connectivity index (χ4v) is 5.62. The normalized spacial score (nSPS) is 11.6. The lowest BCUT2D eigenvalue weighted by atomic mass is 10.1. The van der Waals surface area contributed by atoms with Gasteiger partial charge in [0.15, 0.2) is 0 Å². The topological polar surface area (TPSA) is 95.6 Å². The van der Waals surface area contributed by atoms with Crippen molar-refractivity contribution in [1.82, 2.24) is 39.8 Å². The van der Waals surface area contributed by atoms with E-state index < -0.39 is 0 Å². The highest BCUT2D eigenvalue weighted by Crippen LogP contribution is 2.27. The Hall–Kier alpha value is -2.84. The molecule has 11 nitrogen and oxygen atoms in total. The minimum absolute atomic E-state index is 0.357. The first-order valence-electron chi connectivity index (χ1n) is 15.2. The van der Waals surface area contributed by atoms with E-state index in [9.17, 15) is 0 Å². The quantitative estimate of drug-likeness (QED) is 0.112. The SMILES string of the molecule is CN(C)CCCOc1ccc(CCn2cc(COCc3cn(CCc4ccc(OCCCN(C)C)c(Br)c4)nn3)nn2)cc1Br. The molecular weight excluding hydrogens is 704 g/mol. The molecule has 0 saturated heterocycles. The highest BCUT2D eigenvalue weighted by Gasteiger charge is 2.08. The number of aromatic nitrogens is 6. The molecule has 0 fully saturated rings. The first-order valence-corrected chi connectivity index (χ1v) is 16.8. The van der Waals surface area contributed by atoms with E-state index >= 15 is 0 Å². The fourth-order valence-electron chi connectivity index (χ4n) is 4.53. The lowest BCUT2D eigenvalue weighted by molar-refractivity contribution is 0.102. The summed E-state index contributed by atoms with van der Waals surface area (Å²) in [7, 11) is 8.27. The molecule has 0 bridgehead atoms. The molecule has 0 N–H and O–H groups in total. The third-order valence-corrected chi connectivity index (χ3v) is 8.18. The molecule has 2 aromatic carbocycles. The molecule has 0 aliphatic rings. The van der Waals surface area contributed by atoms with E-state index in [1.807, 2.05) is 33.9 Å². The third-order valence-electron chi connectivity index (χ3n) is 6.94. The number of benzene rings is 2. The molecular formula is C32H44Br2N8O3. The van der Waals surface area contributed by atoms with Gasteiger partial charge in [0, 0.05) is 26.2 Å². The highest BCUT2D eigenvalue weighted by molar-refractivity contribution is 9.10. The van der Waals surface area contributed by atoms with Gasteiger partial charge in [-0.2, -0.15) is 0 Å². The zero-order chi connectivity index (χ0) is 32.0. The van der Waals surface area contributed by atoms with Crippen LogP contribution in [0, 0.1) is 0 Å². The number of aryl methyl sites for hydroxylation is 4. The van der Waals surface area contributed by atoms with Crippen molar-refractivity contribution in [2.24, 2.45) is 0 Å². The Morgan fingerprint density at radius 3 is 1.51 bits per heavy atom. The van der Waals surface area contributed by atoms with Gasteiger partial charge in [-0.15, -0.1) is 10.2 Å². The monoisotopic (exact) mass is 746 g/mol. The van der Waals surface area contributed by atoms with Gasteiger partial charge in [-0.1, -0.05) is 22.6 Å². The van der Waals surface area contributed by atoms with Crippen LogP contribution in [0.2, 0.25) is 0 Å². The van der Waals surface area contributed by atoms with Crippen molar-refractivity contribution in [3.8, 4) is 11.5 Å². The molecule has 0 atom stereocenters. The van der Waals surface area contributed by atoms with Crippen LogP contribution in [0.15, 0.2) is 57.7 Å². The molecule has 4 aromatic rings. The van der Waals surface area contributed by atoms with Crippen LogP contribution >= 0.6 is 31.9 Å². The van der Waals surface area contributed by atoms with E-state index in [1.165, 1.54) is 11.1 Å². The van der Waals surface area contributed by atoms with Gasteiger partial charge in [0.1, 0.15) is 22.9 Å². The molecule has 0 aliphatic carbocycles. The van der Waals surface area contributed by atoms with Crippen LogP contribution in [0.5, 0.6) is 11.5 Å². The summed E-state index contributed by atoms with van der Waals surface area (Å²) in [5, 5.41) is 17.0. The standard InChI is InChI=1S/C32H44Br2N8O3/c1-39(2)13-5-17-44-31-9-7-25(19-29(31)33)11-15-41-21-27(35-37-41)23-43-24-28-22-42(38-36-28)16-12-26-8-10-32(30(34)20-26)45-18-6-14-40(3)4/h7-10,19-22H,5-6,11-18,23-24H2,1-4H3. The van der Waals surface area contributed by atoms with E-state index in [0.717, 1.165) is 83.7 Å². The highest BCUT2D eigenvalue weighted by atomic mass is 79.9. The Labute approximate surface area is 283 Å². The summed E-state index contributed by atoms with van der Waals surface area (Å²) in [6.45, 7) is 5.56. The van der Waals surface area contributed by atoms with Crippen molar-refractivity contribution in [3.63, 3.8) is 0 Å². The smallest absolute Gasteiger partial charge is 0.133 e. The van der Waals surface area contributed by atoms with Crippen LogP contribution < -0.4 is 9.47 Å². The van der Waals surface area contributed by atoms with Crippen molar-refractivity contribution in [2.75, 3.05) is 54.5 Å². The summed E-state index contributed by atoms with van der Waals surface area (Å²) in [6, 6.07) is 12.4. The van der Waals surface area contributed by atoms with Gasteiger partial charge in [-0.05, 0) is 121 Å². The molecule has 0 radical (unpaired) electrons. The summed E-state index contributed by atoms with van der Waals surface area (Å²) in [6.07, 6.45) is 7.49. The number of hydrogen-bond acceptors (Lipinski definition) is 9. The number of ether oxygens (including phenoxy) is 3. The lowest BCUT2D eigenvalue weighted by Crippen LogP contribution is -2.15. The van der Waals surface area contributed by atoms with E-state index in [-0.39, 0.29) is 0 Å². The van der Waals surface area contributed by atoms with E-state index in [2.05, 4.69) is 115 Å². The van der Waals surface area contributed by atoms with Crippen LogP contribution in [0.1, 0.15) is 35.4 Å². The Morgan fingerprint density at radius 2 is 1.11 bits per heavy atom. The molecule has 0 amide bonds. The maximum atomic E-state index is 5.90. The van der Waals surface area contributed by atoms with Gasteiger partial charge in [0.05, 0.1) is 47.8 Å². The molecule has 0 saturated carbocycles. The number of hydrogen-bond donors (Lipinski definition) is 0. The minimum atomic E-state index is 0.357. The summed E-state index contributed by atoms with van der Waals surface area (Å²) in [5.74, 6) is 1.74. The maximum absolute atomic E-state index is 5.90. The Balaban J connectivity index is 1.13. The zero-order valence-electron chi connectivity index (χ0n) is 26.7. The van der Waals surface area contributed by atoms with E-state index in [4.69, 9.17) is 14.2 Å². The predicted octanol–water partition coefficient (Wildman–Crippen LogP) is 5.26. The molecule has 2 heterocycles. The second-order valence-electron chi connectivity index (χ2n) is 11.5. The molecule has 4 rings (SSSR count). The van der Waals surface area contributed by atoms with Gasteiger partial charge in [-0.25, -0.2) is 0 Å². The van der Waals surface area contributed by atoms with Crippen LogP contribution in [0.4, 0.5) is 0 Å². The van der Waals surface area contributed by atoms with Crippen molar-refractivity contribution >= 4 is 31.9 Å². The molecule has 0 unspecified atom stereocenters. The molecule has 13 heteroatoms. The van der Waals surface area contributed by atoms with Gasteiger partial charge in [0.25, 0.3) is 0 Å². The predicted molar refractivity (Wildman–Crippen MR) is 182 cm³/mol. The lowest BCUT2D eigenvalue weighted by Gasteiger charge is -2.12. The van der Waals surface area contributed by atoms with Gasteiger partial charge in [-0.3, -0.25) is 9.36 Å². The Morgan fingerprint density at radius 1 is 0.667 bits per heavy atom. The first-order chi connectivity index (χ1) is 21.7. The van der Waals surface area contributed by atoms with Crippen molar-refractivity contribution in [2.45, 2.75) is 52.0 Å². The second-order valence-corrected chi connectivity index (χ2v) is 13.2. The summed E-state index contributed by atoms with van der Waals surface area (Å²) in [5.41, 5.74) is 3.95. The molecule has 2 aromatic heterocycles. The van der Waals surface area contributed by atoms with Gasteiger partial charge >= 0.3 is 0 Å². The zero-order valence-corrected chi connectivity index (χ0v) is 29.8. The molecule has 45 heavy (non-hydrogen) atoms. The van der Waals surface area contributed by atoms with Crippen molar-refractivity contribution in [3.05, 3.63) is 80.3 Å². The first kappa shape index (κ1) is 35.0. The molecule has 244 valence electrons. The van der Waals surface area contributed by atoms with Crippen LogP contribution in [-0.2, 0) is 43.9 Å². The summed E-state index contributed by atoms with van der Waals surface area (Å²) >= 11 is 7.28. The number of halogens is 2. The fraction of sp³-hybridized carbons (Fsp3) is 0.500. The molecule has 0 aliphatic heterocycles. The average Bonchev–Trinajstić information content (AvgIpc) is 3.66. The maximum Gasteiger partial charge on any atom is 0.133 e. The second kappa shape index (κ2) is 18.3. The Kier molecular flexibility index (Phi) is 14.3. The van der Waals surface area contributed by atoms with Crippen molar-refractivity contribution < 1.29 is 14.2 Å². The summed E-state index contributed by atoms with van der Waals surface area (Å²) < 4.78 is 23.3. The van der Waals surface area contributed by atoms with E-state index in [1.54, 1.807) is 0 Å².